The molecule has 3 heterocycles. The smallest absolute Gasteiger partial charge is 0.290 e. The molecule has 1 aromatic heterocycles. The maximum absolute atomic E-state index is 15.2. The molecule has 174 valence electrons. The van der Waals surface area contributed by atoms with E-state index in [-0.39, 0.29) is 11.1 Å². The van der Waals surface area contributed by atoms with Crippen LogP contribution in [-0.4, -0.2) is 53.8 Å². The van der Waals surface area contributed by atoms with Gasteiger partial charge in [0.05, 0.1) is 10.6 Å². The third-order valence-corrected chi connectivity index (χ3v) is 7.05. The molecule has 0 spiro atoms. The Balaban J connectivity index is 1.45. The maximum Gasteiger partial charge on any atom is 0.290 e. The zero-order chi connectivity index (χ0) is 23.7. The van der Waals surface area contributed by atoms with E-state index in [0.717, 1.165) is 78.4 Å². The fraction of sp³-hybridized carbons (Fsp3) is 0.269. The topological polar surface area (TPSA) is 65.5 Å². The van der Waals surface area contributed by atoms with Crippen LogP contribution in [0.2, 0.25) is 0 Å². The number of amides is 2. The molecule has 34 heavy (non-hydrogen) atoms. The van der Waals surface area contributed by atoms with Crippen LogP contribution in [-0.2, 0) is 4.79 Å². The summed E-state index contributed by atoms with van der Waals surface area (Å²) in [6, 6.07) is 11.1. The van der Waals surface area contributed by atoms with Gasteiger partial charge < -0.3 is 4.90 Å². The Bertz CT molecular complexity index is 1300. The minimum Gasteiger partial charge on any atom is -0.367 e. The number of aromatic nitrogens is 1. The second-order valence-corrected chi connectivity index (χ2v) is 9.53. The molecule has 2 amide bonds. The van der Waals surface area contributed by atoms with Crippen molar-refractivity contribution >= 4 is 45.4 Å². The maximum atomic E-state index is 15.2. The minimum atomic E-state index is -0.391. The van der Waals surface area contributed by atoms with Crippen LogP contribution in [0.25, 0.3) is 28.0 Å². The summed E-state index contributed by atoms with van der Waals surface area (Å²) in [5.74, 6) is -0.632. The van der Waals surface area contributed by atoms with Crippen molar-refractivity contribution in [3.8, 4) is 11.1 Å². The van der Waals surface area contributed by atoms with Gasteiger partial charge in [0.2, 0.25) is 0 Å². The lowest BCUT2D eigenvalue weighted by atomic mass is 9.98. The third kappa shape index (κ3) is 4.56. The number of imide groups is 1. The number of benzene rings is 2. The molecule has 0 radical (unpaired) electrons. The quantitative estimate of drug-likeness (QED) is 0.529. The van der Waals surface area contributed by atoms with Crippen LogP contribution in [0.1, 0.15) is 18.9 Å². The normalized spacial score (nSPS) is 18.2. The van der Waals surface area contributed by atoms with Gasteiger partial charge in [0.15, 0.2) is 0 Å². The number of hydrogen-bond acceptors (Lipinski definition) is 6. The second kappa shape index (κ2) is 9.56. The number of carbonyl (C=O) groups is 2. The van der Waals surface area contributed by atoms with Crippen molar-refractivity contribution in [2.45, 2.75) is 13.3 Å². The molecule has 0 atom stereocenters. The van der Waals surface area contributed by atoms with E-state index >= 15 is 4.39 Å². The van der Waals surface area contributed by atoms with Gasteiger partial charge in [-0.05, 0) is 65.5 Å². The lowest BCUT2D eigenvalue weighted by molar-refractivity contribution is -0.115. The Hall–Kier alpha value is -3.23. The van der Waals surface area contributed by atoms with Gasteiger partial charge in [-0.3, -0.25) is 24.8 Å². The Morgan fingerprint density at radius 2 is 1.91 bits per heavy atom. The molecule has 2 fully saturated rings. The largest absolute Gasteiger partial charge is 0.367 e. The lowest BCUT2D eigenvalue weighted by Crippen LogP contribution is -2.46. The summed E-state index contributed by atoms with van der Waals surface area (Å²) in [6.45, 7) is 6.79. The van der Waals surface area contributed by atoms with E-state index < -0.39 is 5.91 Å². The minimum absolute atomic E-state index is 0.241. The first-order chi connectivity index (χ1) is 16.5. The number of anilines is 1. The van der Waals surface area contributed by atoms with Gasteiger partial charge >= 0.3 is 0 Å². The zero-order valence-electron chi connectivity index (χ0n) is 18.9. The summed E-state index contributed by atoms with van der Waals surface area (Å²) < 4.78 is 15.2. The van der Waals surface area contributed by atoms with Gasteiger partial charge in [0.25, 0.3) is 11.1 Å². The molecule has 2 saturated heterocycles. The summed E-state index contributed by atoms with van der Waals surface area (Å²) in [7, 11) is 0. The number of nitrogens with zero attached hydrogens (tertiary/aromatic N) is 3. The van der Waals surface area contributed by atoms with Crippen LogP contribution in [0.15, 0.2) is 53.7 Å². The van der Waals surface area contributed by atoms with Crippen molar-refractivity contribution in [1.29, 1.82) is 0 Å². The molecular weight excluding hydrogens is 451 g/mol. The van der Waals surface area contributed by atoms with Gasteiger partial charge in [-0.15, -0.1) is 0 Å². The number of thioether (sulfide) groups is 1. The summed E-state index contributed by atoms with van der Waals surface area (Å²) in [6.07, 6.45) is 6.32. The number of rotatable bonds is 5. The lowest BCUT2D eigenvalue weighted by Gasteiger charge is -2.36. The van der Waals surface area contributed by atoms with E-state index in [1.165, 1.54) is 0 Å². The van der Waals surface area contributed by atoms with E-state index in [9.17, 15) is 9.59 Å². The van der Waals surface area contributed by atoms with Crippen LogP contribution >= 0.6 is 11.8 Å². The summed E-state index contributed by atoms with van der Waals surface area (Å²) in [5.41, 5.74) is 2.98. The summed E-state index contributed by atoms with van der Waals surface area (Å²) in [5, 5.41) is 3.71. The van der Waals surface area contributed by atoms with Gasteiger partial charge in [-0.1, -0.05) is 25.1 Å². The highest BCUT2D eigenvalue weighted by molar-refractivity contribution is 8.18. The Kier molecular flexibility index (Phi) is 6.34. The molecule has 0 aliphatic carbocycles. The molecular formula is C26H25FN4O2S. The predicted octanol–water partition coefficient (Wildman–Crippen LogP) is 4.90. The van der Waals surface area contributed by atoms with Gasteiger partial charge in [-0.2, -0.15) is 0 Å². The standard InChI is InChI=1S/C26H25FN4O2S/c1-2-7-30-8-10-31(11-9-30)23-6-5-18(14-22(23)27)21-16-28-15-19-4-3-17(12-20(19)21)13-24-25(32)29-26(33)34-24/h3-6,12-16H,2,7-11H2,1H3,(H,29,32,33). The van der Waals surface area contributed by atoms with Crippen molar-refractivity contribution in [2.75, 3.05) is 37.6 Å². The van der Waals surface area contributed by atoms with Crippen LogP contribution in [0.3, 0.4) is 0 Å². The van der Waals surface area contributed by atoms with Crippen molar-refractivity contribution in [1.82, 2.24) is 15.2 Å². The first-order valence-corrected chi connectivity index (χ1v) is 12.2. The van der Waals surface area contributed by atoms with Crippen molar-refractivity contribution in [3.63, 3.8) is 0 Å². The molecule has 5 rings (SSSR count). The fourth-order valence-electron chi connectivity index (χ4n) is 4.53. The van der Waals surface area contributed by atoms with E-state index in [2.05, 4.69) is 27.0 Å². The molecule has 0 bridgehead atoms. The van der Waals surface area contributed by atoms with Gasteiger partial charge in [0.1, 0.15) is 5.82 Å². The highest BCUT2D eigenvalue weighted by atomic mass is 32.2. The van der Waals surface area contributed by atoms with Crippen LogP contribution in [0.5, 0.6) is 0 Å². The van der Waals surface area contributed by atoms with Crippen molar-refractivity contribution < 1.29 is 14.0 Å². The van der Waals surface area contributed by atoms with Crippen LogP contribution < -0.4 is 10.2 Å². The second-order valence-electron chi connectivity index (χ2n) is 8.51. The van der Waals surface area contributed by atoms with E-state index in [0.29, 0.717) is 10.6 Å². The number of hydrogen-bond donors (Lipinski definition) is 1. The SMILES string of the molecule is CCCN1CCN(c2ccc(-c3cncc4ccc(C=C5SC(=O)NC5=O)cc34)cc2F)CC1. The predicted molar refractivity (Wildman–Crippen MR) is 135 cm³/mol. The third-order valence-electron chi connectivity index (χ3n) is 6.24. The van der Waals surface area contributed by atoms with Gasteiger partial charge in [0, 0.05) is 49.5 Å². The number of fused-ring (bicyclic) bond motifs is 1. The molecule has 0 unspecified atom stereocenters. The molecule has 1 N–H and O–H groups in total. The van der Waals surface area contributed by atoms with Crippen LogP contribution in [0.4, 0.5) is 14.9 Å². The van der Waals surface area contributed by atoms with Gasteiger partial charge in [-0.25, -0.2) is 4.39 Å². The Morgan fingerprint density at radius 1 is 1.09 bits per heavy atom. The first kappa shape index (κ1) is 22.6. The number of piperazine rings is 1. The molecule has 3 aromatic rings. The average Bonchev–Trinajstić information content (AvgIpc) is 3.15. The van der Waals surface area contributed by atoms with Crippen molar-refractivity contribution in [3.05, 3.63) is 65.1 Å². The zero-order valence-corrected chi connectivity index (χ0v) is 19.7. The highest BCUT2D eigenvalue weighted by Gasteiger charge is 2.25. The summed E-state index contributed by atoms with van der Waals surface area (Å²) >= 11 is 0.886. The Morgan fingerprint density at radius 3 is 2.62 bits per heavy atom. The summed E-state index contributed by atoms with van der Waals surface area (Å²) in [4.78, 5) is 32.6. The van der Waals surface area contributed by atoms with Crippen LogP contribution in [0, 0.1) is 5.82 Å². The Labute approximate surface area is 201 Å². The molecule has 0 saturated carbocycles. The number of carbonyl (C=O) groups excluding carboxylic acids is 2. The van der Waals surface area contributed by atoms with Crippen molar-refractivity contribution in [2.24, 2.45) is 0 Å². The van der Waals surface area contributed by atoms with E-state index in [4.69, 9.17) is 0 Å². The van der Waals surface area contributed by atoms with E-state index in [1.54, 1.807) is 24.5 Å². The number of pyridine rings is 1. The number of halogens is 1. The molecule has 2 aliphatic rings. The molecule has 8 heteroatoms. The number of nitrogens with one attached hydrogen (secondary N) is 1. The monoisotopic (exact) mass is 476 g/mol. The fourth-order valence-corrected chi connectivity index (χ4v) is 5.22. The first-order valence-electron chi connectivity index (χ1n) is 11.4. The highest BCUT2D eigenvalue weighted by Crippen LogP contribution is 2.33. The molecule has 6 nitrogen and oxygen atoms in total. The molecule has 2 aromatic carbocycles. The van der Waals surface area contributed by atoms with E-state index in [1.807, 2.05) is 30.3 Å². The molecule has 2 aliphatic heterocycles. The average molecular weight is 477 g/mol.